The van der Waals surface area contributed by atoms with Crippen LogP contribution in [-0.4, -0.2) is 23.8 Å². The molecule has 0 amide bonds. The Morgan fingerprint density at radius 2 is 2.11 bits per heavy atom. The maximum Gasteiger partial charge on any atom is 0.334 e. The molecule has 2 saturated carbocycles. The molecule has 4 fully saturated rings. The van der Waals surface area contributed by atoms with Crippen molar-refractivity contribution in [1.29, 1.82) is 0 Å². The summed E-state index contributed by atoms with van der Waals surface area (Å²) in [7, 11) is 0. The summed E-state index contributed by atoms with van der Waals surface area (Å²) in [6.45, 7) is 10.3. The molecule has 2 aliphatic heterocycles. The third kappa shape index (κ3) is 1.11. The number of rotatable bonds is 0. The molecule has 2 aliphatic carbocycles. The molecule has 0 aromatic rings. The average Bonchev–Trinajstić information content (AvgIpc) is 2.82. The van der Waals surface area contributed by atoms with Gasteiger partial charge in [0.2, 0.25) is 0 Å². The highest BCUT2D eigenvalue weighted by molar-refractivity contribution is 5.90. The summed E-state index contributed by atoms with van der Waals surface area (Å²) in [5.41, 5.74) is 1.88. The van der Waals surface area contributed by atoms with Gasteiger partial charge in [-0.25, -0.2) is 4.79 Å². The molecule has 2 heterocycles. The van der Waals surface area contributed by atoms with Gasteiger partial charge in [-0.05, 0) is 32.1 Å². The molecule has 3 heteroatoms. The number of hydrogen-bond acceptors (Lipinski definition) is 3. The fourth-order valence-corrected chi connectivity index (χ4v) is 4.42. The second-order valence-corrected chi connectivity index (χ2v) is 6.36. The van der Waals surface area contributed by atoms with Gasteiger partial charge >= 0.3 is 5.97 Å². The molecule has 0 radical (unpaired) electrons. The van der Waals surface area contributed by atoms with Crippen molar-refractivity contribution in [2.75, 3.05) is 0 Å². The number of fused-ring (bicyclic) bond motifs is 5. The highest BCUT2D eigenvalue weighted by Crippen LogP contribution is 2.63. The Labute approximate surface area is 107 Å². The van der Waals surface area contributed by atoms with Crippen LogP contribution in [0.15, 0.2) is 24.3 Å². The molecule has 2 saturated heterocycles. The first-order chi connectivity index (χ1) is 8.52. The van der Waals surface area contributed by atoms with E-state index in [4.69, 9.17) is 9.47 Å². The number of carbonyl (C=O) groups excluding carboxylic acids is 1. The summed E-state index contributed by atoms with van der Waals surface area (Å²) in [5.74, 6) is 0.709. The maximum atomic E-state index is 11.8. The second kappa shape index (κ2) is 3.08. The fraction of sp³-hybridized carbons (Fsp3) is 0.667. The molecule has 0 aromatic carbocycles. The first-order valence-electron chi connectivity index (χ1n) is 6.77. The van der Waals surface area contributed by atoms with E-state index in [1.54, 1.807) is 0 Å². The van der Waals surface area contributed by atoms with Crippen molar-refractivity contribution >= 4 is 5.97 Å². The van der Waals surface area contributed by atoms with E-state index in [0.717, 1.165) is 19.3 Å². The monoisotopic (exact) mass is 246 g/mol. The molecule has 4 aliphatic rings. The van der Waals surface area contributed by atoms with Gasteiger partial charge in [0.05, 0.1) is 11.7 Å². The largest absolute Gasteiger partial charge is 0.458 e. The molecule has 0 spiro atoms. The SMILES string of the molecule is C=C1CC[C@H]2C(=C)C(=O)O[C@@H]2[C@@H]2[C@@H]1C[C@H]1O[C@@]21C. The van der Waals surface area contributed by atoms with Crippen molar-refractivity contribution in [1.82, 2.24) is 0 Å². The number of epoxide rings is 1. The van der Waals surface area contributed by atoms with E-state index in [1.165, 1.54) is 5.57 Å². The first kappa shape index (κ1) is 10.8. The Morgan fingerprint density at radius 1 is 1.33 bits per heavy atom. The zero-order valence-corrected chi connectivity index (χ0v) is 10.6. The van der Waals surface area contributed by atoms with Crippen LogP contribution in [0.3, 0.4) is 0 Å². The van der Waals surface area contributed by atoms with E-state index in [-0.39, 0.29) is 29.5 Å². The lowest BCUT2D eigenvalue weighted by Gasteiger charge is -2.30. The van der Waals surface area contributed by atoms with E-state index < -0.39 is 0 Å². The molecular weight excluding hydrogens is 228 g/mol. The second-order valence-electron chi connectivity index (χ2n) is 6.36. The third-order valence-electron chi connectivity index (χ3n) is 5.55. The quantitative estimate of drug-likeness (QED) is 0.285. The van der Waals surface area contributed by atoms with Gasteiger partial charge in [0.25, 0.3) is 0 Å². The van der Waals surface area contributed by atoms with Gasteiger partial charge in [-0.15, -0.1) is 0 Å². The summed E-state index contributed by atoms with van der Waals surface area (Å²) in [4.78, 5) is 11.8. The normalized spacial score (nSPS) is 53.4. The van der Waals surface area contributed by atoms with Gasteiger partial charge in [-0.1, -0.05) is 18.7 Å². The number of hydrogen-bond donors (Lipinski definition) is 0. The van der Waals surface area contributed by atoms with Crippen LogP contribution in [-0.2, 0) is 14.3 Å². The molecule has 96 valence electrons. The minimum atomic E-state index is -0.205. The van der Waals surface area contributed by atoms with Crippen LogP contribution in [0.5, 0.6) is 0 Å². The van der Waals surface area contributed by atoms with Crippen molar-refractivity contribution in [3.63, 3.8) is 0 Å². The minimum absolute atomic E-state index is 0.0354. The number of ether oxygens (including phenoxy) is 2. The van der Waals surface area contributed by atoms with Gasteiger partial charge in [-0.2, -0.15) is 0 Å². The van der Waals surface area contributed by atoms with Crippen LogP contribution < -0.4 is 0 Å². The van der Waals surface area contributed by atoms with E-state index in [2.05, 4.69) is 20.1 Å². The summed E-state index contributed by atoms with van der Waals surface area (Å²) in [5, 5.41) is 0. The highest BCUT2D eigenvalue weighted by Gasteiger charge is 2.70. The highest BCUT2D eigenvalue weighted by atomic mass is 16.6. The van der Waals surface area contributed by atoms with E-state index in [0.29, 0.717) is 17.6 Å². The molecule has 3 nitrogen and oxygen atoms in total. The number of carbonyl (C=O) groups is 1. The summed E-state index contributed by atoms with van der Waals surface area (Å²) in [6, 6.07) is 0. The van der Waals surface area contributed by atoms with Crippen molar-refractivity contribution in [3.05, 3.63) is 24.3 Å². The van der Waals surface area contributed by atoms with Crippen LogP contribution >= 0.6 is 0 Å². The Bertz CT molecular complexity index is 480. The molecule has 0 N–H and O–H groups in total. The lowest BCUT2D eigenvalue weighted by Crippen LogP contribution is -2.37. The molecule has 0 aromatic heterocycles. The Hall–Kier alpha value is -1.09. The summed E-state index contributed by atoms with van der Waals surface area (Å²) < 4.78 is 11.5. The smallest absolute Gasteiger partial charge is 0.334 e. The van der Waals surface area contributed by atoms with E-state index in [1.807, 2.05) is 0 Å². The molecule has 4 rings (SSSR count). The van der Waals surface area contributed by atoms with Crippen molar-refractivity contribution in [2.24, 2.45) is 17.8 Å². The van der Waals surface area contributed by atoms with Crippen molar-refractivity contribution < 1.29 is 14.3 Å². The minimum Gasteiger partial charge on any atom is -0.458 e. The fourth-order valence-electron chi connectivity index (χ4n) is 4.42. The Balaban J connectivity index is 1.77. The number of esters is 1. The van der Waals surface area contributed by atoms with Crippen molar-refractivity contribution in [3.8, 4) is 0 Å². The molecule has 6 atom stereocenters. The topological polar surface area (TPSA) is 38.8 Å². The van der Waals surface area contributed by atoms with Crippen molar-refractivity contribution in [2.45, 2.75) is 44.0 Å². The predicted octanol–water partition coefficient (Wildman–Crippen LogP) is 2.23. The van der Waals surface area contributed by atoms with Gasteiger partial charge in [0, 0.05) is 17.4 Å². The van der Waals surface area contributed by atoms with Gasteiger partial charge in [0.15, 0.2) is 0 Å². The molecular formula is C15H18O3. The zero-order chi connectivity index (χ0) is 12.7. The first-order valence-corrected chi connectivity index (χ1v) is 6.77. The van der Waals surface area contributed by atoms with Gasteiger partial charge in [-0.3, -0.25) is 0 Å². The molecule has 0 bridgehead atoms. The predicted molar refractivity (Wildman–Crippen MR) is 65.8 cm³/mol. The standard InChI is InChI=1S/C15H18O3/c1-7-4-5-9-8(2)14(16)17-13(9)12-10(7)6-11-15(12,3)18-11/h9-13H,1-2,4-6H2,3H3/t9-,10+,11+,12-,13-,15+/m0/s1. The van der Waals surface area contributed by atoms with Gasteiger partial charge < -0.3 is 9.47 Å². The zero-order valence-electron chi connectivity index (χ0n) is 10.6. The lowest BCUT2D eigenvalue weighted by atomic mass is 9.78. The van der Waals surface area contributed by atoms with Crippen LogP contribution in [0.1, 0.15) is 26.2 Å². The van der Waals surface area contributed by atoms with E-state index in [9.17, 15) is 4.79 Å². The third-order valence-corrected chi connectivity index (χ3v) is 5.55. The average molecular weight is 246 g/mol. The summed E-state index contributed by atoms with van der Waals surface area (Å²) in [6.07, 6.45) is 3.29. The number of allylic oxidation sites excluding steroid dienone is 1. The van der Waals surface area contributed by atoms with Crippen LogP contribution in [0.4, 0.5) is 0 Å². The van der Waals surface area contributed by atoms with Crippen LogP contribution in [0, 0.1) is 17.8 Å². The van der Waals surface area contributed by atoms with Gasteiger partial charge in [0.1, 0.15) is 6.10 Å². The van der Waals surface area contributed by atoms with E-state index >= 15 is 0 Å². The lowest BCUT2D eigenvalue weighted by molar-refractivity contribution is -0.143. The van der Waals surface area contributed by atoms with Crippen LogP contribution in [0.2, 0.25) is 0 Å². The summed E-state index contributed by atoms with van der Waals surface area (Å²) >= 11 is 0. The van der Waals surface area contributed by atoms with Crippen LogP contribution in [0.25, 0.3) is 0 Å². The molecule has 0 unspecified atom stereocenters. The Morgan fingerprint density at radius 3 is 2.89 bits per heavy atom. The Kier molecular flexibility index (Phi) is 1.85. The maximum absolute atomic E-state index is 11.8. The molecule has 18 heavy (non-hydrogen) atoms.